The highest BCUT2D eigenvalue weighted by atomic mass is 16.6. The molecule has 4 aromatic rings. The summed E-state index contributed by atoms with van der Waals surface area (Å²) < 4.78 is 12.3. The monoisotopic (exact) mass is 532 g/mol. The van der Waals surface area contributed by atoms with E-state index < -0.39 is 23.8 Å². The van der Waals surface area contributed by atoms with Crippen LogP contribution in [0.5, 0.6) is 0 Å². The quantitative estimate of drug-likeness (QED) is 0.273. The summed E-state index contributed by atoms with van der Waals surface area (Å²) in [6.45, 7) is 1.82. The van der Waals surface area contributed by atoms with Gasteiger partial charge in [0.2, 0.25) is 0 Å². The minimum Gasteiger partial charge on any atom is -0.453 e. The molecule has 6 heteroatoms. The highest BCUT2D eigenvalue weighted by Crippen LogP contribution is 2.49. The van der Waals surface area contributed by atoms with Crippen molar-refractivity contribution in [2.45, 2.75) is 37.3 Å². The molecule has 6 rings (SSSR count). The van der Waals surface area contributed by atoms with Crippen LogP contribution in [0.4, 0.5) is 4.79 Å². The number of esters is 1. The van der Waals surface area contributed by atoms with Crippen LogP contribution in [0.15, 0.2) is 121 Å². The lowest BCUT2D eigenvalue weighted by atomic mass is 9.85. The molecule has 0 radical (unpaired) electrons. The first kappa shape index (κ1) is 25.8. The normalized spacial score (nSPS) is 22.7. The molecule has 0 N–H and O–H groups in total. The number of likely N-dealkylation sites (tertiary alicyclic amines) is 1. The Balaban J connectivity index is 1.40. The van der Waals surface area contributed by atoms with Gasteiger partial charge in [-0.3, -0.25) is 9.80 Å². The van der Waals surface area contributed by atoms with Crippen LogP contribution in [0.2, 0.25) is 0 Å². The Morgan fingerprint density at radius 1 is 0.775 bits per heavy atom. The molecule has 2 aliphatic rings. The van der Waals surface area contributed by atoms with E-state index in [1.165, 1.54) is 0 Å². The van der Waals surface area contributed by atoms with Gasteiger partial charge in [-0.25, -0.2) is 9.59 Å². The van der Waals surface area contributed by atoms with Crippen molar-refractivity contribution in [3.8, 4) is 0 Å². The summed E-state index contributed by atoms with van der Waals surface area (Å²) in [6.07, 6.45) is -0.727. The van der Waals surface area contributed by atoms with Gasteiger partial charge in [0.25, 0.3) is 0 Å². The third-order valence-corrected chi connectivity index (χ3v) is 7.89. The molecule has 2 aliphatic heterocycles. The second kappa shape index (κ2) is 11.4. The van der Waals surface area contributed by atoms with Crippen LogP contribution >= 0.6 is 0 Å². The van der Waals surface area contributed by atoms with Crippen LogP contribution in [0.3, 0.4) is 0 Å². The van der Waals surface area contributed by atoms with Crippen molar-refractivity contribution < 1.29 is 19.1 Å². The molecule has 3 atom stereocenters. The Labute approximate surface area is 234 Å². The number of benzene rings is 4. The van der Waals surface area contributed by atoms with Crippen molar-refractivity contribution in [2.24, 2.45) is 0 Å². The van der Waals surface area contributed by atoms with Gasteiger partial charge in [0.05, 0.1) is 0 Å². The molecule has 6 nitrogen and oxygen atoms in total. The Kier molecular flexibility index (Phi) is 7.34. The molecule has 0 bridgehead atoms. The van der Waals surface area contributed by atoms with Crippen LogP contribution in [0, 0.1) is 0 Å². The number of carbonyl (C=O) groups excluding carboxylic acids is 2. The number of nitrogens with zero attached hydrogens (tertiary/aromatic N) is 2. The second-order valence-corrected chi connectivity index (χ2v) is 10.5. The van der Waals surface area contributed by atoms with E-state index >= 15 is 0 Å². The zero-order chi connectivity index (χ0) is 27.4. The lowest BCUT2D eigenvalue weighted by molar-refractivity contribution is -0.185. The molecule has 0 saturated carbocycles. The number of rotatable bonds is 6. The number of hydrogen-bond acceptors (Lipinski definition) is 5. The summed E-state index contributed by atoms with van der Waals surface area (Å²) in [5, 5.41) is 0. The van der Waals surface area contributed by atoms with Crippen LogP contribution in [-0.2, 0) is 27.4 Å². The van der Waals surface area contributed by atoms with E-state index in [9.17, 15) is 9.59 Å². The van der Waals surface area contributed by atoms with Gasteiger partial charge in [-0.2, -0.15) is 0 Å². The van der Waals surface area contributed by atoms with E-state index in [0.717, 1.165) is 22.3 Å². The molecule has 0 aliphatic carbocycles. The van der Waals surface area contributed by atoms with Gasteiger partial charge < -0.3 is 9.47 Å². The number of cyclic esters (lactones) is 1. The predicted octanol–water partition coefficient (Wildman–Crippen LogP) is 6.31. The Bertz CT molecular complexity index is 1430. The van der Waals surface area contributed by atoms with Gasteiger partial charge in [0.15, 0.2) is 11.6 Å². The van der Waals surface area contributed by atoms with E-state index in [1.54, 1.807) is 4.90 Å². The average Bonchev–Trinajstić information content (AvgIpc) is 3.43. The van der Waals surface area contributed by atoms with Gasteiger partial charge in [-0.15, -0.1) is 0 Å². The average molecular weight is 533 g/mol. The summed E-state index contributed by atoms with van der Waals surface area (Å²) in [7, 11) is 0. The van der Waals surface area contributed by atoms with Gasteiger partial charge in [0.1, 0.15) is 12.6 Å². The summed E-state index contributed by atoms with van der Waals surface area (Å²) in [6, 6.07) is 38.7. The van der Waals surface area contributed by atoms with Crippen molar-refractivity contribution in [1.82, 2.24) is 9.80 Å². The van der Waals surface area contributed by atoms with Crippen molar-refractivity contribution in [3.63, 3.8) is 0 Å². The third-order valence-electron chi connectivity index (χ3n) is 7.89. The molecule has 4 aromatic carbocycles. The van der Waals surface area contributed by atoms with Crippen LogP contribution in [0.25, 0.3) is 0 Å². The molecule has 2 heterocycles. The standard InChI is InChI=1S/C34H32N2O4/c37-32-34(21-22-35(25-34)23-26-13-5-1-6-14-26)36(33(38)39-24-27-15-7-2-8-16-27)30(28-17-9-3-10-18-28)31(40-32)29-19-11-4-12-20-29/h1-20,30-31H,21-25H2/t30-,31+,34-/m0/s1. The largest absolute Gasteiger partial charge is 0.453 e. The molecule has 0 aromatic heterocycles. The summed E-state index contributed by atoms with van der Waals surface area (Å²) in [5.74, 6) is -0.388. The lowest BCUT2D eigenvalue weighted by Gasteiger charge is -2.50. The van der Waals surface area contributed by atoms with Gasteiger partial charge >= 0.3 is 12.1 Å². The SMILES string of the molecule is O=C(OCc1ccccc1)N1[C@@H](c2ccccc2)[C@@H](c2ccccc2)OC(=O)[C@@]12CCN(Cc1ccccc1)C2. The fourth-order valence-electron chi connectivity index (χ4n) is 5.94. The minimum atomic E-state index is -1.17. The van der Waals surface area contributed by atoms with E-state index in [-0.39, 0.29) is 12.6 Å². The first-order valence-corrected chi connectivity index (χ1v) is 13.7. The van der Waals surface area contributed by atoms with E-state index in [1.807, 2.05) is 109 Å². The molecule has 2 saturated heterocycles. The first-order valence-electron chi connectivity index (χ1n) is 13.7. The lowest BCUT2D eigenvalue weighted by Crippen LogP contribution is -2.64. The molecular formula is C34H32N2O4. The Hall–Kier alpha value is -4.42. The highest BCUT2D eigenvalue weighted by molar-refractivity contribution is 5.88. The number of morpholine rings is 1. The fraction of sp³-hybridized carbons (Fsp3) is 0.235. The topological polar surface area (TPSA) is 59.1 Å². The number of amides is 1. The number of ether oxygens (including phenoxy) is 2. The molecule has 0 unspecified atom stereocenters. The van der Waals surface area contributed by atoms with Gasteiger partial charge in [-0.1, -0.05) is 121 Å². The minimum absolute atomic E-state index is 0.118. The van der Waals surface area contributed by atoms with Crippen molar-refractivity contribution in [1.29, 1.82) is 0 Å². The van der Waals surface area contributed by atoms with Crippen molar-refractivity contribution >= 4 is 12.1 Å². The van der Waals surface area contributed by atoms with Gasteiger partial charge in [-0.05, 0) is 28.7 Å². The second-order valence-electron chi connectivity index (χ2n) is 10.5. The zero-order valence-electron chi connectivity index (χ0n) is 22.3. The predicted molar refractivity (Wildman–Crippen MR) is 152 cm³/mol. The number of hydrogen-bond donors (Lipinski definition) is 0. The molecule has 1 amide bonds. The Morgan fingerprint density at radius 3 is 1.95 bits per heavy atom. The third kappa shape index (κ3) is 5.10. The van der Waals surface area contributed by atoms with Crippen LogP contribution < -0.4 is 0 Å². The first-order chi connectivity index (χ1) is 19.6. The maximum Gasteiger partial charge on any atom is 0.411 e. The maximum absolute atomic E-state index is 14.2. The highest BCUT2D eigenvalue weighted by Gasteiger charge is 2.61. The van der Waals surface area contributed by atoms with Crippen molar-refractivity contribution in [3.05, 3.63) is 144 Å². The summed E-state index contributed by atoms with van der Waals surface area (Å²) in [4.78, 5) is 32.2. The van der Waals surface area contributed by atoms with E-state index in [2.05, 4.69) is 17.0 Å². The van der Waals surface area contributed by atoms with Gasteiger partial charge in [0, 0.05) is 19.6 Å². The molecule has 202 valence electrons. The zero-order valence-corrected chi connectivity index (χ0v) is 22.3. The Morgan fingerprint density at radius 2 is 1.32 bits per heavy atom. The number of carbonyl (C=O) groups is 2. The van der Waals surface area contributed by atoms with Crippen molar-refractivity contribution in [2.75, 3.05) is 13.1 Å². The summed E-state index contributed by atoms with van der Waals surface area (Å²) in [5.41, 5.74) is 2.59. The van der Waals surface area contributed by atoms with Crippen LogP contribution in [-0.4, -0.2) is 40.5 Å². The molecule has 40 heavy (non-hydrogen) atoms. The smallest absolute Gasteiger partial charge is 0.411 e. The molecule has 2 fully saturated rings. The van der Waals surface area contributed by atoms with E-state index in [4.69, 9.17) is 9.47 Å². The molecule has 1 spiro atoms. The van der Waals surface area contributed by atoms with E-state index in [0.29, 0.717) is 26.1 Å². The summed E-state index contributed by atoms with van der Waals surface area (Å²) >= 11 is 0. The van der Waals surface area contributed by atoms with Crippen LogP contribution in [0.1, 0.15) is 40.8 Å². The molecular weight excluding hydrogens is 500 g/mol. The fourth-order valence-corrected chi connectivity index (χ4v) is 5.94. The maximum atomic E-state index is 14.2.